The van der Waals surface area contributed by atoms with Crippen LogP contribution < -0.4 is 5.73 Å². The van der Waals surface area contributed by atoms with E-state index in [1.807, 2.05) is 11.8 Å². The number of rotatable bonds is 3. The first-order valence-electron chi connectivity index (χ1n) is 6.49. The quantitative estimate of drug-likeness (QED) is 0.825. The molecule has 2 N–H and O–H groups in total. The summed E-state index contributed by atoms with van der Waals surface area (Å²) in [5.41, 5.74) is 10.7. The highest BCUT2D eigenvalue weighted by atomic mass is 32.2. The molecular formula is C15H23NS. The van der Waals surface area contributed by atoms with Crippen LogP contribution in [0.2, 0.25) is 0 Å². The zero-order chi connectivity index (χ0) is 12.5. The fourth-order valence-corrected chi connectivity index (χ4v) is 3.66. The highest BCUT2D eigenvalue weighted by Gasteiger charge is 2.35. The van der Waals surface area contributed by atoms with Crippen LogP contribution >= 0.6 is 11.8 Å². The molecule has 0 unspecified atom stereocenters. The molecule has 0 aliphatic heterocycles. The minimum Gasteiger partial charge on any atom is -0.330 e. The normalized spacial score (nSPS) is 18.6. The molecule has 1 aliphatic carbocycles. The lowest BCUT2D eigenvalue weighted by Crippen LogP contribution is -2.33. The molecule has 0 heterocycles. The highest BCUT2D eigenvalue weighted by Crippen LogP contribution is 2.43. The zero-order valence-corrected chi connectivity index (χ0v) is 12.0. The van der Waals surface area contributed by atoms with Gasteiger partial charge in [-0.2, -0.15) is 0 Å². The van der Waals surface area contributed by atoms with E-state index < -0.39 is 0 Å². The van der Waals surface area contributed by atoms with Crippen LogP contribution in [0, 0.1) is 13.8 Å². The fraction of sp³-hybridized carbons (Fsp3) is 0.600. The summed E-state index contributed by atoms with van der Waals surface area (Å²) in [5, 5.41) is 0. The third kappa shape index (κ3) is 2.25. The van der Waals surface area contributed by atoms with E-state index in [1.165, 1.54) is 47.3 Å². The molecule has 1 saturated carbocycles. The molecule has 0 amide bonds. The van der Waals surface area contributed by atoms with Crippen LogP contribution in [-0.4, -0.2) is 12.8 Å². The van der Waals surface area contributed by atoms with Gasteiger partial charge in [-0.15, -0.1) is 11.8 Å². The predicted octanol–water partition coefficient (Wildman–Crippen LogP) is 3.80. The lowest BCUT2D eigenvalue weighted by Gasteiger charge is -2.31. The van der Waals surface area contributed by atoms with Crippen LogP contribution in [-0.2, 0) is 5.41 Å². The Labute approximate surface area is 109 Å². The van der Waals surface area contributed by atoms with E-state index in [1.54, 1.807) is 0 Å². The summed E-state index contributed by atoms with van der Waals surface area (Å²) in [6, 6.07) is 4.67. The van der Waals surface area contributed by atoms with Crippen molar-refractivity contribution in [3.05, 3.63) is 28.8 Å². The Morgan fingerprint density at radius 3 is 2.41 bits per heavy atom. The number of nitrogens with two attached hydrogens (primary N) is 1. The summed E-state index contributed by atoms with van der Waals surface area (Å²) >= 11 is 1.83. The van der Waals surface area contributed by atoms with Gasteiger partial charge in [0.2, 0.25) is 0 Å². The van der Waals surface area contributed by atoms with Gasteiger partial charge in [0.1, 0.15) is 0 Å². The van der Waals surface area contributed by atoms with Gasteiger partial charge in [0, 0.05) is 16.9 Å². The second-order valence-corrected chi connectivity index (χ2v) is 6.19. The number of benzene rings is 1. The van der Waals surface area contributed by atoms with Crippen molar-refractivity contribution in [2.24, 2.45) is 5.73 Å². The average molecular weight is 249 g/mol. The van der Waals surface area contributed by atoms with Crippen LogP contribution in [0.15, 0.2) is 17.0 Å². The summed E-state index contributed by atoms with van der Waals surface area (Å²) in [7, 11) is 0. The van der Waals surface area contributed by atoms with E-state index in [0.717, 1.165) is 6.54 Å². The van der Waals surface area contributed by atoms with Crippen molar-refractivity contribution < 1.29 is 0 Å². The number of aryl methyl sites for hydroxylation is 1. The van der Waals surface area contributed by atoms with E-state index >= 15 is 0 Å². The van der Waals surface area contributed by atoms with Gasteiger partial charge in [0.05, 0.1) is 0 Å². The Balaban J connectivity index is 2.52. The van der Waals surface area contributed by atoms with Gasteiger partial charge in [-0.05, 0) is 61.8 Å². The molecule has 1 fully saturated rings. The molecule has 1 aromatic carbocycles. The van der Waals surface area contributed by atoms with E-state index in [2.05, 4.69) is 32.2 Å². The van der Waals surface area contributed by atoms with E-state index in [0.29, 0.717) is 0 Å². The number of hydrogen-bond acceptors (Lipinski definition) is 2. The molecule has 0 aromatic heterocycles. The largest absolute Gasteiger partial charge is 0.330 e. The molecule has 1 aromatic rings. The molecule has 0 radical (unpaired) electrons. The van der Waals surface area contributed by atoms with Gasteiger partial charge in [0.15, 0.2) is 0 Å². The molecular weight excluding hydrogens is 226 g/mol. The van der Waals surface area contributed by atoms with Crippen LogP contribution in [0.25, 0.3) is 0 Å². The third-order valence-electron chi connectivity index (χ3n) is 4.40. The van der Waals surface area contributed by atoms with Crippen molar-refractivity contribution in [3.63, 3.8) is 0 Å². The van der Waals surface area contributed by atoms with Gasteiger partial charge in [-0.25, -0.2) is 0 Å². The first-order valence-corrected chi connectivity index (χ1v) is 7.71. The van der Waals surface area contributed by atoms with Crippen LogP contribution in [0.4, 0.5) is 0 Å². The Kier molecular flexibility index (Phi) is 3.84. The van der Waals surface area contributed by atoms with Crippen molar-refractivity contribution in [2.75, 3.05) is 12.8 Å². The zero-order valence-electron chi connectivity index (χ0n) is 11.2. The second-order valence-electron chi connectivity index (χ2n) is 5.31. The van der Waals surface area contributed by atoms with E-state index in [9.17, 15) is 0 Å². The summed E-state index contributed by atoms with van der Waals surface area (Å²) in [6.07, 6.45) is 7.35. The molecule has 2 rings (SSSR count). The van der Waals surface area contributed by atoms with Gasteiger partial charge in [0.25, 0.3) is 0 Å². The van der Waals surface area contributed by atoms with Gasteiger partial charge in [-0.3, -0.25) is 0 Å². The van der Waals surface area contributed by atoms with Crippen LogP contribution in [0.3, 0.4) is 0 Å². The number of hydrogen-bond donors (Lipinski definition) is 1. The van der Waals surface area contributed by atoms with Crippen molar-refractivity contribution in [1.29, 1.82) is 0 Å². The van der Waals surface area contributed by atoms with Crippen molar-refractivity contribution in [3.8, 4) is 0 Å². The van der Waals surface area contributed by atoms with Gasteiger partial charge in [-0.1, -0.05) is 12.8 Å². The Morgan fingerprint density at radius 1 is 1.24 bits per heavy atom. The maximum Gasteiger partial charge on any atom is 0.00786 e. The molecule has 1 nitrogen and oxygen atoms in total. The van der Waals surface area contributed by atoms with Crippen molar-refractivity contribution in [2.45, 2.75) is 49.8 Å². The lowest BCUT2D eigenvalue weighted by molar-refractivity contribution is 0.449. The number of thioether (sulfide) groups is 1. The summed E-state index contributed by atoms with van der Waals surface area (Å²) in [5.74, 6) is 0. The summed E-state index contributed by atoms with van der Waals surface area (Å²) < 4.78 is 0. The fourth-order valence-electron chi connectivity index (χ4n) is 3.13. The monoisotopic (exact) mass is 249 g/mol. The van der Waals surface area contributed by atoms with E-state index in [4.69, 9.17) is 5.73 Å². The molecule has 0 saturated heterocycles. The highest BCUT2D eigenvalue weighted by molar-refractivity contribution is 7.98. The maximum atomic E-state index is 6.10. The molecule has 2 heteroatoms. The first-order chi connectivity index (χ1) is 8.13. The Bertz CT molecular complexity index is 406. The predicted molar refractivity (Wildman–Crippen MR) is 76.9 cm³/mol. The molecule has 0 atom stereocenters. The lowest BCUT2D eigenvalue weighted by atomic mass is 9.76. The Hall–Kier alpha value is -0.470. The maximum absolute atomic E-state index is 6.10. The summed E-state index contributed by atoms with van der Waals surface area (Å²) in [6.45, 7) is 5.27. The molecule has 94 valence electrons. The molecule has 0 spiro atoms. The topological polar surface area (TPSA) is 26.0 Å². The third-order valence-corrected chi connectivity index (χ3v) is 5.11. The smallest absolute Gasteiger partial charge is 0.00786 e. The van der Waals surface area contributed by atoms with Crippen LogP contribution in [0.1, 0.15) is 42.4 Å². The average Bonchev–Trinajstić information content (AvgIpc) is 2.82. The Morgan fingerprint density at radius 2 is 1.88 bits per heavy atom. The molecule has 1 aliphatic rings. The van der Waals surface area contributed by atoms with E-state index in [-0.39, 0.29) is 5.41 Å². The summed E-state index contributed by atoms with van der Waals surface area (Å²) in [4.78, 5) is 1.38. The van der Waals surface area contributed by atoms with Crippen molar-refractivity contribution in [1.82, 2.24) is 0 Å². The second kappa shape index (κ2) is 5.03. The SMILES string of the molecule is CSc1cc(C)c(C)c(C2(CN)CCCC2)c1. The minimum absolute atomic E-state index is 0.264. The van der Waals surface area contributed by atoms with Gasteiger partial charge >= 0.3 is 0 Å². The first kappa shape index (κ1) is 13.0. The standard InChI is InChI=1S/C15H23NS/c1-11-8-13(17-3)9-14(12(11)2)15(10-16)6-4-5-7-15/h8-9H,4-7,10,16H2,1-3H3. The van der Waals surface area contributed by atoms with Crippen LogP contribution in [0.5, 0.6) is 0 Å². The molecule has 17 heavy (non-hydrogen) atoms. The van der Waals surface area contributed by atoms with Gasteiger partial charge < -0.3 is 5.73 Å². The molecule has 0 bridgehead atoms. The van der Waals surface area contributed by atoms with Crippen molar-refractivity contribution >= 4 is 11.8 Å². The minimum atomic E-state index is 0.264.